The molecule has 150 valence electrons. The molecule has 3 fully saturated rings. The minimum Gasteiger partial charge on any atom is -0.0651 e. The topological polar surface area (TPSA) is 0 Å². The maximum atomic E-state index is 2.39. The van der Waals surface area contributed by atoms with Crippen LogP contribution in [0.1, 0.15) is 107 Å². The van der Waals surface area contributed by atoms with Gasteiger partial charge in [-0.25, -0.2) is 0 Å². The van der Waals surface area contributed by atoms with E-state index in [2.05, 4.69) is 38.1 Å². The van der Waals surface area contributed by atoms with Crippen molar-refractivity contribution in [1.29, 1.82) is 0 Å². The molecule has 3 aliphatic carbocycles. The van der Waals surface area contributed by atoms with Crippen molar-refractivity contribution in [3.8, 4) is 0 Å². The van der Waals surface area contributed by atoms with Crippen molar-refractivity contribution in [3.63, 3.8) is 0 Å². The fraction of sp³-hybridized carbons (Fsp3) is 0.778. The van der Waals surface area contributed by atoms with E-state index in [9.17, 15) is 0 Å². The highest BCUT2D eigenvalue weighted by Crippen LogP contribution is 2.47. The van der Waals surface area contributed by atoms with Crippen LogP contribution in [0, 0.1) is 36.5 Å². The summed E-state index contributed by atoms with van der Waals surface area (Å²) in [4.78, 5) is 0. The quantitative estimate of drug-likeness (QED) is 0.502. The van der Waals surface area contributed by atoms with Gasteiger partial charge in [0.25, 0.3) is 0 Å². The van der Waals surface area contributed by atoms with Gasteiger partial charge in [-0.2, -0.15) is 0 Å². The van der Waals surface area contributed by atoms with E-state index in [-0.39, 0.29) is 0 Å². The second kappa shape index (κ2) is 9.15. The minimum absolute atomic E-state index is 0.840. The highest BCUT2D eigenvalue weighted by Gasteiger charge is 2.34. The van der Waals surface area contributed by atoms with Crippen LogP contribution in [0.4, 0.5) is 0 Å². The number of benzene rings is 1. The van der Waals surface area contributed by atoms with E-state index in [0.29, 0.717) is 0 Å². The van der Waals surface area contributed by atoms with E-state index < -0.39 is 0 Å². The number of hydrogen-bond acceptors (Lipinski definition) is 0. The van der Waals surface area contributed by atoms with Gasteiger partial charge in [0.1, 0.15) is 0 Å². The summed E-state index contributed by atoms with van der Waals surface area (Å²) in [5.41, 5.74) is 3.00. The third-order valence-corrected chi connectivity index (χ3v) is 8.94. The summed E-state index contributed by atoms with van der Waals surface area (Å²) >= 11 is 0. The molecule has 0 heterocycles. The standard InChI is InChI=1S/C27H42/c1-3-21-6-10-23(11-7-21)25-14-18-27(19-15-25)26-16-12-24(13-17-26)22-8-4-20(2)5-9-22/h4-5,8-9,21,23-27H,3,6-7,10-19H2,1-2H3/t21-,23-,24?,25-,26?,27-. The average Bonchev–Trinajstić information content (AvgIpc) is 2.75. The normalized spacial score (nSPS) is 37.9. The average molecular weight is 367 g/mol. The van der Waals surface area contributed by atoms with Crippen molar-refractivity contribution in [3.05, 3.63) is 35.4 Å². The zero-order valence-corrected chi connectivity index (χ0v) is 18.0. The lowest BCUT2D eigenvalue weighted by Crippen LogP contribution is -2.29. The Kier molecular flexibility index (Phi) is 6.62. The molecule has 0 nitrogen and oxygen atoms in total. The third-order valence-electron chi connectivity index (χ3n) is 8.94. The summed E-state index contributed by atoms with van der Waals surface area (Å²) in [6.45, 7) is 4.59. The lowest BCUT2D eigenvalue weighted by atomic mass is 9.64. The summed E-state index contributed by atoms with van der Waals surface area (Å²) in [5, 5.41) is 0. The molecule has 0 aliphatic heterocycles. The first kappa shape index (κ1) is 19.5. The van der Waals surface area contributed by atoms with Crippen LogP contribution >= 0.6 is 0 Å². The Morgan fingerprint density at radius 3 is 1.44 bits per heavy atom. The monoisotopic (exact) mass is 366 g/mol. The van der Waals surface area contributed by atoms with Crippen molar-refractivity contribution in [1.82, 2.24) is 0 Å². The summed E-state index contributed by atoms with van der Waals surface area (Å²) in [5.74, 6) is 6.18. The Morgan fingerprint density at radius 2 is 1.00 bits per heavy atom. The van der Waals surface area contributed by atoms with Crippen LogP contribution in [0.15, 0.2) is 24.3 Å². The van der Waals surface area contributed by atoms with Crippen molar-refractivity contribution in [2.45, 2.75) is 103 Å². The van der Waals surface area contributed by atoms with E-state index in [4.69, 9.17) is 0 Å². The lowest BCUT2D eigenvalue weighted by Gasteiger charge is -2.41. The maximum absolute atomic E-state index is 2.39. The molecule has 27 heavy (non-hydrogen) atoms. The van der Waals surface area contributed by atoms with Gasteiger partial charge < -0.3 is 0 Å². The molecule has 0 unspecified atom stereocenters. The smallest absolute Gasteiger partial charge is 0.0162 e. The molecule has 0 spiro atoms. The van der Waals surface area contributed by atoms with Crippen LogP contribution < -0.4 is 0 Å². The van der Waals surface area contributed by atoms with E-state index in [0.717, 1.165) is 35.5 Å². The molecular weight excluding hydrogens is 324 g/mol. The molecule has 4 rings (SSSR count). The van der Waals surface area contributed by atoms with Gasteiger partial charge in [-0.1, -0.05) is 56.0 Å². The lowest BCUT2D eigenvalue weighted by molar-refractivity contribution is 0.109. The summed E-state index contributed by atoms with van der Waals surface area (Å²) in [6.07, 6.45) is 19.7. The minimum atomic E-state index is 0.840. The number of aryl methyl sites for hydroxylation is 1. The largest absolute Gasteiger partial charge is 0.0651 e. The molecule has 0 heteroatoms. The van der Waals surface area contributed by atoms with Crippen molar-refractivity contribution >= 4 is 0 Å². The Morgan fingerprint density at radius 1 is 0.593 bits per heavy atom. The van der Waals surface area contributed by atoms with Gasteiger partial charge in [-0.05, 0) is 112 Å². The second-order valence-electron chi connectivity index (χ2n) is 10.4. The van der Waals surface area contributed by atoms with Gasteiger partial charge in [0.15, 0.2) is 0 Å². The number of hydrogen-bond donors (Lipinski definition) is 0. The summed E-state index contributed by atoms with van der Waals surface area (Å²) in [7, 11) is 0. The molecule has 0 atom stereocenters. The van der Waals surface area contributed by atoms with Gasteiger partial charge in [0.2, 0.25) is 0 Å². The van der Waals surface area contributed by atoms with Crippen molar-refractivity contribution in [2.75, 3.05) is 0 Å². The predicted molar refractivity (Wildman–Crippen MR) is 117 cm³/mol. The Balaban J connectivity index is 1.21. The zero-order chi connectivity index (χ0) is 18.6. The summed E-state index contributed by atoms with van der Waals surface area (Å²) in [6, 6.07) is 9.38. The molecular formula is C27H42. The van der Waals surface area contributed by atoms with Gasteiger partial charge >= 0.3 is 0 Å². The molecule has 0 amide bonds. The molecule has 0 bridgehead atoms. The van der Waals surface area contributed by atoms with E-state index in [1.807, 2.05) is 0 Å². The Labute approximate surface area is 168 Å². The van der Waals surface area contributed by atoms with Crippen LogP contribution in [-0.4, -0.2) is 0 Å². The van der Waals surface area contributed by atoms with Crippen LogP contribution in [0.3, 0.4) is 0 Å². The van der Waals surface area contributed by atoms with E-state index in [1.54, 1.807) is 44.1 Å². The van der Waals surface area contributed by atoms with Crippen LogP contribution in [0.25, 0.3) is 0 Å². The van der Waals surface area contributed by atoms with Crippen LogP contribution in [0.5, 0.6) is 0 Å². The second-order valence-corrected chi connectivity index (χ2v) is 10.4. The molecule has 1 aromatic rings. The van der Waals surface area contributed by atoms with Gasteiger partial charge in [0.05, 0.1) is 0 Å². The molecule has 1 aromatic carbocycles. The van der Waals surface area contributed by atoms with Gasteiger partial charge in [0, 0.05) is 0 Å². The van der Waals surface area contributed by atoms with E-state index in [1.165, 1.54) is 50.5 Å². The molecule has 3 aliphatic rings. The summed E-state index contributed by atoms with van der Waals surface area (Å²) < 4.78 is 0. The van der Waals surface area contributed by atoms with E-state index >= 15 is 0 Å². The molecule has 0 saturated heterocycles. The molecule has 0 radical (unpaired) electrons. The highest BCUT2D eigenvalue weighted by atomic mass is 14.4. The third kappa shape index (κ3) is 4.80. The van der Waals surface area contributed by atoms with Gasteiger partial charge in [-0.15, -0.1) is 0 Å². The fourth-order valence-corrected chi connectivity index (χ4v) is 6.92. The van der Waals surface area contributed by atoms with Crippen LogP contribution in [-0.2, 0) is 0 Å². The predicted octanol–water partition coefficient (Wildman–Crippen LogP) is 8.29. The zero-order valence-electron chi connectivity index (χ0n) is 18.0. The highest BCUT2D eigenvalue weighted by molar-refractivity contribution is 5.24. The maximum Gasteiger partial charge on any atom is -0.0162 e. The first-order valence-electron chi connectivity index (χ1n) is 12.3. The Bertz CT molecular complexity index is 546. The van der Waals surface area contributed by atoms with Crippen molar-refractivity contribution < 1.29 is 0 Å². The Hall–Kier alpha value is -0.780. The molecule has 0 aromatic heterocycles. The SMILES string of the molecule is CC[C@H]1CC[C@H]([C@H]2CC[C@H](C3CCC(c4ccc(C)cc4)CC3)CC2)CC1. The van der Waals surface area contributed by atoms with Crippen LogP contribution in [0.2, 0.25) is 0 Å². The first-order valence-corrected chi connectivity index (χ1v) is 12.3. The van der Waals surface area contributed by atoms with Crippen molar-refractivity contribution in [2.24, 2.45) is 29.6 Å². The van der Waals surface area contributed by atoms with Gasteiger partial charge in [-0.3, -0.25) is 0 Å². The fourth-order valence-electron chi connectivity index (χ4n) is 6.92. The molecule has 3 saturated carbocycles. The molecule has 0 N–H and O–H groups in total. The first-order chi connectivity index (χ1) is 13.2. The number of rotatable bonds is 4.